The molecule has 0 aromatic carbocycles. The Kier molecular flexibility index (Phi) is 6.35. The SMILES string of the molecule is COC(=O)CCn1nncc1C=C1CCCCN1.Cl. The molecule has 1 aliphatic heterocycles. The van der Waals surface area contributed by atoms with Gasteiger partial charge in [-0.1, -0.05) is 5.21 Å². The molecule has 0 unspecified atom stereocenters. The van der Waals surface area contributed by atoms with Gasteiger partial charge in [0.2, 0.25) is 0 Å². The van der Waals surface area contributed by atoms with Gasteiger partial charge < -0.3 is 10.1 Å². The zero-order chi connectivity index (χ0) is 12.8. The number of methoxy groups -OCH3 is 1. The zero-order valence-electron chi connectivity index (χ0n) is 11.0. The van der Waals surface area contributed by atoms with E-state index in [1.54, 1.807) is 10.9 Å². The average molecular weight is 287 g/mol. The molecular formula is C12H19ClN4O2. The highest BCUT2D eigenvalue weighted by Crippen LogP contribution is 2.14. The molecule has 0 atom stereocenters. The van der Waals surface area contributed by atoms with Crippen LogP contribution in [0.15, 0.2) is 11.9 Å². The van der Waals surface area contributed by atoms with E-state index < -0.39 is 0 Å². The summed E-state index contributed by atoms with van der Waals surface area (Å²) in [4.78, 5) is 11.1. The molecule has 0 amide bonds. The van der Waals surface area contributed by atoms with Crippen LogP contribution >= 0.6 is 12.4 Å². The van der Waals surface area contributed by atoms with Crippen molar-refractivity contribution in [1.29, 1.82) is 0 Å². The van der Waals surface area contributed by atoms with Crippen molar-refractivity contribution < 1.29 is 9.53 Å². The number of allylic oxidation sites excluding steroid dienone is 1. The largest absolute Gasteiger partial charge is 0.469 e. The van der Waals surface area contributed by atoms with Gasteiger partial charge in [0.25, 0.3) is 0 Å². The van der Waals surface area contributed by atoms with E-state index in [1.807, 2.05) is 0 Å². The van der Waals surface area contributed by atoms with Crippen LogP contribution in [0.3, 0.4) is 0 Å². The Bertz CT molecular complexity index is 437. The predicted octanol–water partition coefficient (Wildman–Crippen LogP) is 1.38. The van der Waals surface area contributed by atoms with Crippen molar-refractivity contribution in [3.05, 3.63) is 17.6 Å². The maximum atomic E-state index is 11.1. The van der Waals surface area contributed by atoms with Crippen molar-refractivity contribution in [2.75, 3.05) is 13.7 Å². The Morgan fingerprint density at radius 2 is 2.42 bits per heavy atom. The number of esters is 1. The molecule has 0 spiro atoms. The molecule has 1 saturated heterocycles. The number of nitrogens with one attached hydrogen (secondary N) is 1. The van der Waals surface area contributed by atoms with Crippen molar-refractivity contribution >= 4 is 24.5 Å². The molecule has 1 aliphatic rings. The Balaban J connectivity index is 0.00000180. The quantitative estimate of drug-likeness (QED) is 0.847. The molecule has 2 heterocycles. The van der Waals surface area contributed by atoms with Crippen molar-refractivity contribution in [2.45, 2.75) is 32.2 Å². The fourth-order valence-electron chi connectivity index (χ4n) is 1.93. The summed E-state index contributed by atoms with van der Waals surface area (Å²) in [6.07, 6.45) is 7.56. The van der Waals surface area contributed by atoms with Crippen LogP contribution in [0.2, 0.25) is 0 Å². The Morgan fingerprint density at radius 3 is 3.11 bits per heavy atom. The molecule has 1 N–H and O–H groups in total. The van der Waals surface area contributed by atoms with Crippen molar-refractivity contribution in [2.24, 2.45) is 0 Å². The molecule has 19 heavy (non-hydrogen) atoms. The predicted molar refractivity (Wildman–Crippen MR) is 73.7 cm³/mol. The number of nitrogens with zero attached hydrogens (tertiary/aromatic N) is 3. The molecule has 106 valence electrons. The maximum absolute atomic E-state index is 11.1. The second-order valence-electron chi connectivity index (χ2n) is 4.26. The second kappa shape index (κ2) is 7.78. The first kappa shape index (κ1) is 15.5. The van der Waals surface area contributed by atoms with Crippen LogP contribution in [0, 0.1) is 0 Å². The number of hydrogen-bond donors (Lipinski definition) is 1. The van der Waals surface area contributed by atoms with E-state index in [1.165, 1.54) is 25.6 Å². The number of ether oxygens (including phenoxy) is 1. The summed E-state index contributed by atoms with van der Waals surface area (Å²) < 4.78 is 6.33. The van der Waals surface area contributed by atoms with Crippen LogP contribution in [0.5, 0.6) is 0 Å². The van der Waals surface area contributed by atoms with E-state index in [4.69, 9.17) is 0 Å². The molecule has 6 nitrogen and oxygen atoms in total. The molecular weight excluding hydrogens is 268 g/mol. The van der Waals surface area contributed by atoms with Gasteiger partial charge in [0.05, 0.1) is 32.0 Å². The summed E-state index contributed by atoms with van der Waals surface area (Å²) in [5.41, 5.74) is 2.13. The van der Waals surface area contributed by atoms with Crippen molar-refractivity contribution in [3.8, 4) is 0 Å². The number of hydrogen-bond acceptors (Lipinski definition) is 5. The highest BCUT2D eigenvalue weighted by atomic mass is 35.5. The average Bonchev–Trinajstić information content (AvgIpc) is 2.84. The van der Waals surface area contributed by atoms with E-state index in [0.717, 1.165) is 18.7 Å². The van der Waals surface area contributed by atoms with E-state index >= 15 is 0 Å². The zero-order valence-corrected chi connectivity index (χ0v) is 11.8. The summed E-state index contributed by atoms with van der Waals surface area (Å²) in [6, 6.07) is 0. The van der Waals surface area contributed by atoms with E-state index in [9.17, 15) is 4.79 Å². The number of piperidine rings is 1. The third kappa shape index (κ3) is 4.55. The van der Waals surface area contributed by atoms with Crippen molar-refractivity contribution in [3.63, 3.8) is 0 Å². The minimum Gasteiger partial charge on any atom is -0.469 e. The summed E-state index contributed by atoms with van der Waals surface area (Å²) in [5, 5.41) is 11.2. The molecule has 1 aromatic heterocycles. The van der Waals surface area contributed by atoms with E-state index in [0.29, 0.717) is 13.0 Å². The number of aryl methyl sites for hydroxylation is 1. The van der Waals surface area contributed by atoms with Gasteiger partial charge in [0.1, 0.15) is 0 Å². The number of aromatic nitrogens is 3. The lowest BCUT2D eigenvalue weighted by Gasteiger charge is -2.16. The summed E-state index contributed by atoms with van der Waals surface area (Å²) in [6.45, 7) is 1.52. The van der Waals surface area contributed by atoms with Gasteiger partial charge in [0, 0.05) is 12.2 Å². The van der Waals surface area contributed by atoms with E-state index in [-0.39, 0.29) is 18.4 Å². The lowest BCUT2D eigenvalue weighted by molar-refractivity contribution is -0.140. The molecule has 0 aliphatic carbocycles. The smallest absolute Gasteiger partial charge is 0.307 e. The van der Waals surface area contributed by atoms with Crippen LogP contribution < -0.4 is 5.32 Å². The molecule has 1 fully saturated rings. The summed E-state index contributed by atoms with van der Waals surface area (Å²) in [7, 11) is 1.39. The molecule has 2 rings (SSSR count). The minimum absolute atomic E-state index is 0. The third-order valence-electron chi connectivity index (χ3n) is 2.95. The van der Waals surface area contributed by atoms with Gasteiger partial charge in [-0.05, 0) is 25.3 Å². The Labute approximate surface area is 118 Å². The van der Waals surface area contributed by atoms with Gasteiger partial charge in [-0.2, -0.15) is 0 Å². The van der Waals surface area contributed by atoms with Crippen LogP contribution in [0.25, 0.3) is 6.08 Å². The maximum Gasteiger partial charge on any atom is 0.307 e. The van der Waals surface area contributed by atoms with Crippen LogP contribution in [-0.4, -0.2) is 34.6 Å². The standard InChI is InChI=1S/C12H18N4O2.ClH/c1-18-12(17)5-7-16-11(9-14-15-16)8-10-4-2-3-6-13-10;/h8-9,13H,2-7H2,1H3;1H. The lowest BCUT2D eigenvalue weighted by Crippen LogP contribution is -2.19. The van der Waals surface area contributed by atoms with Gasteiger partial charge in [-0.15, -0.1) is 17.5 Å². The number of carbonyl (C=O) groups excluding carboxylic acids is 1. The van der Waals surface area contributed by atoms with Crippen LogP contribution in [-0.2, 0) is 16.1 Å². The number of rotatable bonds is 4. The molecule has 7 heteroatoms. The van der Waals surface area contributed by atoms with Crippen LogP contribution in [0.4, 0.5) is 0 Å². The fourth-order valence-corrected chi connectivity index (χ4v) is 1.93. The van der Waals surface area contributed by atoms with Crippen molar-refractivity contribution in [1.82, 2.24) is 20.3 Å². The van der Waals surface area contributed by atoms with Gasteiger partial charge in [-0.25, -0.2) is 4.68 Å². The first-order valence-electron chi connectivity index (χ1n) is 6.19. The summed E-state index contributed by atoms with van der Waals surface area (Å²) >= 11 is 0. The van der Waals surface area contributed by atoms with Crippen LogP contribution in [0.1, 0.15) is 31.4 Å². The molecule has 0 bridgehead atoms. The normalized spacial score (nSPS) is 16.6. The summed E-state index contributed by atoms with van der Waals surface area (Å²) in [5.74, 6) is -0.236. The topological polar surface area (TPSA) is 69.0 Å². The number of halogens is 1. The first-order chi connectivity index (χ1) is 8.79. The third-order valence-corrected chi connectivity index (χ3v) is 2.95. The highest BCUT2D eigenvalue weighted by Gasteiger charge is 2.08. The number of carbonyl (C=O) groups is 1. The first-order valence-corrected chi connectivity index (χ1v) is 6.19. The second-order valence-corrected chi connectivity index (χ2v) is 4.26. The monoisotopic (exact) mass is 286 g/mol. The highest BCUT2D eigenvalue weighted by molar-refractivity contribution is 5.85. The minimum atomic E-state index is -0.236. The fraction of sp³-hybridized carbons (Fsp3) is 0.583. The molecule has 0 saturated carbocycles. The lowest BCUT2D eigenvalue weighted by atomic mass is 10.1. The molecule has 1 aromatic rings. The van der Waals surface area contributed by atoms with Gasteiger partial charge in [0.15, 0.2) is 0 Å². The molecule has 0 radical (unpaired) electrons. The van der Waals surface area contributed by atoms with Gasteiger partial charge in [-0.3, -0.25) is 4.79 Å². The Morgan fingerprint density at radius 1 is 1.58 bits per heavy atom. The Hall–Kier alpha value is -1.56. The van der Waals surface area contributed by atoms with Gasteiger partial charge >= 0.3 is 5.97 Å². The van der Waals surface area contributed by atoms with E-state index in [2.05, 4.69) is 26.4 Å².